The number of hydrogen-bond donors (Lipinski definition) is 0. The number of benzene rings is 4. The van der Waals surface area contributed by atoms with E-state index in [0.717, 1.165) is 48.1 Å². The zero-order chi connectivity index (χ0) is 26.9. The second-order valence-electron chi connectivity index (χ2n) is 9.79. The highest BCUT2D eigenvalue weighted by Crippen LogP contribution is 2.23. The molecule has 0 heterocycles. The van der Waals surface area contributed by atoms with Crippen molar-refractivity contribution >= 4 is 11.6 Å². The third kappa shape index (κ3) is 6.54. The minimum absolute atomic E-state index is 0.0487. The average Bonchev–Trinajstić information content (AvgIpc) is 2.97. The molecule has 3 heteroatoms. The monoisotopic (exact) mass is 503 g/mol. The first-order valence-electron chi connectivity index (χ1n) is 13.7. The molecular weight excluding hydrogens is 466 g/mol. The van der Waals surface area contributed by atoms with Gasteiger partial charge in [0.25, 0.3) is 0 Å². The van der Waals surface area contributed by atoms with Gasteiger partial charge in [-0.1, -0.05) is 118 Å². The molecule has 0 aromatic heterocycles. The van der Waals surface area contributed by atoms with E-state index in [4.69, 9.17) is 0 Å². The Hall–Kier alpha value is -3.82. The van der Waals surface area contributed by atoms with Crippen LogP contribution < -0.4 is 0 Å². The summed E-state index contributed by atoms with van der Waals surface area (Å²) in [6.45, 7) is 8.60. The number of rotatable bonds is 12. The van der Waals surface area contributed by atoms with Crippen LogP contribution in [-0.4, -0.2) is 23.0 Å². The number of nitrogens with zero attached hydrogens (tertiary/aromatic N) is 1. The summed E-state index contributed by atoms with van der Waals surface area (Å²) in [4.78, 5) is 29.3. The maximum atomic E-state index is 13.5. The van der Waals surface area contributed by atoms with Crippen LogP contribution in [0.4, 0.5) is 0 Å². The van der Waals surface area contributed by atoms with Crippen LogP contribution in [0.2, 0.25) is 0 Å². The van der Waals surface area contributed by atoms with Gasteiger partial charge in [-0.3, -0.25) is 14.5 Å². The van der Waals surface area contributed by atoms with Crippen molar-refractivity contribution in [3.8, 4) is 0 Å². The molecule has 0 spiro atoms. The molecule has 4 rings (SSSR count). The highest BCUT2D eigenvalue weighted by molar-refractivity contribution is 6.10. The fourth-order valence-electron chi connectivity index (χ4n) is 4.94. The molecule has 194 valence electrons. The Morgan fingerprint density at radius 1 is 0.579 bits per heavy atom. The lowest BCUT2D eigenvalue weighted by Crippen LogP contribution is -2.26. The topological polar surface area (TPSA) is 37.4 Å². The van der Waals surface area contributed by atoms with Crippen LogP contribution in [-0.2, 0) is 25.9 Å². The summed E-state index contributed by atoms with van der Waals surface area (Å²) in [6.07, 6.45) is 2.80. The Morgan fingerprint density at radius 2 is 1.00 bits per heavy atom. The van der Waals surface area contributed by atoms with Gasteiger partial charge in [0.2, 0.25) is 0 Å². The first-order valence-corrected chi connectivity index (χ1v) is 13.7. The van der Waals surface area contributed by atoms with E-state index < -0.39 is 0 Å². The van der Waals surface area contributed by atoms with Crippen LogP contribution in [0.5, 0.6) is 0 Å². The minimum Gasteiger partial charge on any atom is -0.295 e. The lowest BCUT2D eigenvalue weighted by molar-refractivity contribution is 0.103. The lowest BCUT2D eigenvalue weighted by Gasteiger charge is -2.25. The van der Waals surface area contributed by atoms with E-state index >= 15 is 0 Å². The van der Waals surface area contributed by atoms with Crippen LogP contribution in [0.1, 0.15) is 81.3 Å². The smallest absolute Gasteiger partial charge is 0.193 e. The summed E-state index contributed by atoms with van der Waals surface area (Å²) in [7, 11) is 0. The normalized spacial score (nSPS) is 11.1. The predicted molar refractivity (Wildman–Crippen MR) is 156 cm³/mol. The Kier molecular flexibility index (Phi) is 9.40. The number of ketones is 2. The van der Waals surface area contributed by atoms with Gasteiger partial charge in [0, 0.05) is 35.3 Å². The molecule has 0 aliphatic heterocycles. The molecule has 0 saturated heterocycles. The Morgan fingerprint density at radius 3 is 1.37 bits per heavy atom. The maximum Gasteiger partial charge on any atom is 0.193 e. The minimum atomic E-state index is 0.0487. The summed E-state index contributed by atoms with van der Waals surface area (Å²) in [5.74, 6) is 0.0975. The Bertz CT molecular complexity index is 1270. The molecule has 0 bridgehead atoms. The third-order valence-electron chi connectivity index (χ3n) is 7.04. The average molecular weight is 504 g/mol. The summed E-state index contributed by atoms with van der Waals surface area (Å²) in [5, 5.41) is 0. The number of hydrogen-bond acceptors (Lipinski definition) is 3. The van der Waals surface area contributed by atoms with E-state index in [1.165, 1.54) is 11.1 Å². The zero-order valence-electron chi connectivity index (χ0n) is 22.7. The van der Waals surface area contributed by atoms with E-state index in [2.05, 4.69) is 49.9 Å². The molecule has 0 N–H and O–H groups in total. The molecule has 0 unspecified atom stereocenters. The molecule has 4 aromatic rings. The summed E-state index contributed by atoms with van der Waals surface area (Å²) >= 11 is 0. The van der Waals surface area contributed by atoms with Crippen LogP contribution in [0.15, 0.2) is 97.1 Å². The van der Waals surface area contributed by atoms with Gasteiger partial charge >= 0.3 is 0 Å². The number of aryl methyl sites for hydroxylation is 2. The van der Waals surface area contributed by atoms with Crippen molar-refractivity contribution in [2.75, 3.05) is 6.54 Å². The van der Waals surface area contributed by atoms with Crippen LogP contribution in [0, 0.1) is 0 Å². The first-order chi connectivity index (χ1) is 18.5. The van der Waals surface area contributed by atoms with E-state index in [9.17, 15) is 9.59 Å². The standard InChI is InChI=1S/C35H37NO2/c1-4-21-36(24-30-22-26(5-2)17-19-32(30)34(37)28-13-9-7-10-14-28)25-31-23-27(6-3)18-20-33(31)35(38)29-15-11-8-12-16-29/h7-20,22-23H,4-6,21,24-25H2,1-3H3. The molecule has 3 nitrogen and oxygen atoms in total. The molecule has 0 saturated carbocycles. The molecule has 0 aliphatic carbocycles. The van der Waals surface area contributed by atoms with E-state index in [1.54, 1.807) is 0 Å². The Labute approximate surface area is 227 Å². The van der Waals surface area contributed by atoms with Gasteiger partial charge in [-0.25, -0.2) is 0 Å². The fraction of sp³-hybridized carbons (Fsp3) is 0.257. The first kappa shape index (κ1) is 27.2. The van der Waals surface area contributed by atoms with Crippen molar-refractivity contribution in [1.82, 2.24) is 4.90 Å². The second-order valence-corrected chi connectivity index (χ2v) is 9.79. The van der Waals surface area contributed by atoms with Gasteiger partial charge in [-0.15, -0.1) is 0 Å². The maximum absolute atomic E-state index is 13.5. The van der Waals surface area contributed by atoms with Crippen molar-refractivity contribution < 1.29 is 9.59 Å². The Balaban J connectivity index is 1.69. The van der Waals surface area contributed by atoms with Gasteiger partial charge < -0.3 is 0 Å². The highest BCUT2D eigenvalue weighted by Gasteiger charge is 2.19. The van der Waals surface area contributed by atoms with Crippen molar-refractivity contribution in [2.45, 2.75) is 53.1 Å². The van der Waals surface area contributed by atoms with Crippen molar-refractivity contribution in [1.29, 1.82) is 0 Å². The molecule has 0 amide bonds. The summed E-state index contributed by atoms with van der Waals surface area (Å²) in [6, 6.07) is 31.4. The molecule has 0 fully saturated rings. The van der Waals surface area contributed by atoms with Crippen LogP contribution in [0.25, 0.3) is 0 Å². The summed E-state index contributed by atoms with van der Waals surface area (Å²) in [5.41, 5.74) is 7.40. The van der Waals surface area contributed by atoms with Gasteiger partial charge in [-0.2, -0.15) is 0 Å². The molecule has 0 aliphatic rings. The molecule has 0 radical (unpaired) electrons. The van der Waals surface area contributed by atoms with E-state index in [-0.39, 0.29) is 11.6 Å². The quantitative estimate of drug-likeness (QED) is 0.186. The van der Waals surface area contributed by atoms with Crippen LogP contribution in [0.3, 0.4) is 0 Å². The van der Waals surface area contributed by atoms with E-state index in [1.807, 2.05) is 72.8 Å². The van der Waals surface area contributed by atoms with Gasteiger partial charge in [0.15, 0.2) is 11.6 Å². The number of carbonyl (C=O) groups is 2. The molecular formula is C35H37NO2. The largest absolute Gasteiger partial charge is 0.295 e. The third-order valence-corrected chi connectivity index (χ3v) is 7.04. The SMILES string of the molecule is CCCN(Cc1cc(CC)ccc1C(=O)c1ccccc1)Cc1cc(CC)ccc1C(=O)c1ccccc1. The zero-order valence-corrected chi connectivity index (χ0v) is 22.7. The molecule has 4 aromatic carbocycles. The van der Waals surface area contributed by atoms with Crippen molar-refractivity contribution in [3.63, 3.8) is 0 Å². The predicted octanol–water partition coefficient (Wildman–Crippen LogP) is 7.69. The summed E-state index contributed by atoms with van der Waals surface area (Å²) < 4.78 is 0. The van der Waals surface area contributed by atoms with E-state index in [0.29, 0.717) is 24.2 Å². The van der Waals surface area contributed by atoms with Crippen molar-refractivity contribution in [2.24, 2.45) is 0 Å². The van der Waals surface area contributed by atoms with Crippen molar-refractivity contribution in [3.05, 3.63) is 142 Å². The highest BCUT2D eigenvalue weighted by atomic mass is 16.1. The van der Waals surface area contributed by atoms with Gasteiger partial charge in [0.1, 0.15) is 0 Å². The molecule has 0 atom stereocenters. The van der Waals surface area contributed by atoms with Crippen LogP contribution >= 0.6 is 0 Å². The molecule has 38 heavy (non-hydrogen) atoms. The fourth-order valence-corrected chi connectivity index (χ4v) is 4.94. The lowest BCUT2D eigenvalue weighted by atomic mass is 9.94. The van der Waals surface area contributed by atoms with Gasteiger partial charge in [0.05, 0.1) is 0 Å². The number of carbonyl (C=O) groups excluding carboxylic acids is 2. The second kappa shape index (κ2) is 13.1. The van der Waals surface area contributed by atoms with Gasteiger partial charge in [-0.05, 0) is 48.1 Å².